The van der Waals surface area contributed by atoms with Crippen LogP contribution in [0.1, 0.15) is 17.5 Å². The summed E-state index contributed by atoms with van der Waals surface area (Å²) in [5.74, 6) is 1.51. The smallest absolute Gasteiger partial charge is 0.226 e. The van der Waals surface area contributed by atoms with E-state index in [2.05, 4.69) is 15.6 Å². The van der Waals surface area contributed by atoms with Gasteiger partial charge in [-0.15, -0.1) is 0 Å². The number of guanidine groups is 1. The van der Waals surface area contributed by atoms with E-state index < -0.39 is 0 Å². The van der Waals surface area contributed by atoms with Gasteiger partial charge in [0.05, 0.1) is 31.5 Å². The van der Waals surface area contributed by atoms with Gasteiger partial charge in [-0.2, -0.15) is 0 Å². The minimum atomic E-state index is -0.169. The molecule has 8 heteroatoms. The van der Waals surface area contributed by atoms with Crippen LogP contribution in [0.4, 0.5) is 5.69 Å². The highest BCUT2D eigenvalue weighted by atomic mass is 35.5. The molecule has 29 heavy (non-hydrogen) atoms. The third-order valence-electron chi connectivity index (χ3n) is 4.19. The lowest BCUT2D eigenvalue weighted by Crippen LogP contribution is -2.33. The fraction of sp³-hybridized carbons (Fsp3) is 0.333. The maximum Gasteiger partial charge on any atom is 0.226 e. The molecule has 0 aliphatic rings. The number of benzene rings is 2. The molecular weight excluding hydrogens is 392 g/mol. The summed E-state index contributed by atoms with van der Waals surface area (Å²) < 4.78 is 10.5. The highest BCUT2D eigenvalue weighted by molar-refractivity contribution is 6.33. The van der Waals surface area contributed by atoms with E-state index in [4.69, 9.17) is 26.8 Å². The number of nitrogens with zero attached hydrogens (tertiary/aromatic N) is 1. The zero-order valence-electron chi connectivity index (χ0n) is 16.9. The fourth-order valence-corrected chi connectivity index (χ4v) is 2.92. The molecule has 0 aliphatic carbocycles. The van der Waals surface area contributed by atoms with Crippen molar-refractivity contribution in [2.45, 2.75) is 19.8 Å². The van der Waals surface area contributed by atoms with Gasteiger partial charge < -0.3 is 25.8 Å². The number of aryl methyl sites for hydroxylation is 1. The van der Waals surface area contributed by atoms with Gasteiger partial charge in [-0.25, -0.2) is 0 Å². The quantitative estimate of drug-likeness (QED) is 0.429. The topological polar surface area (TPSA) is 98.0 Å². The highest BCUT2D eigenvalue weighted by Gasteiger charge is 2.06. The van der Waals surface area contributed by atoms with Crippen molar-refractivity contribution in [3.05, 3.63) is 52.5 Å². The van der Waals surface area contributed by atoms with E-state index in [1.54, 1.807) is 26.4 Å². The molecule has 4 N–H and O–H groups in total. The van der Waals surface area contributed by atoms with E-state index in [1.165, 1.54) is 0 Å². The van der Waals surface area contributed by atoms with Crippen molar-refractivity contribution in [3.8, 4) is 11.5 Å². The number of methoxy groups -OCH3 is 2. The number of nitrogens with two attached hydrogens (primary N) is 1. The Labute approximate surface area is 176 Å². The number of anilines is 1. The monoisotopic (exact) mass is 418 g/mol. The standard InChI is InChI=1S/C21H27ClN4O3/c1-14-4-6-17(16(22)12-14)26-20(27)9-11-25-21(23)24-10-8-15-5-7-18(28-2)19(13-15)29-3/h4-7,12-13H,8-11H2,1-3H3,(H,26,27)(H3,23,24,25). The molecule has 2 aromatic rings. The van der Waals surface area contributed by atoms with E-state index in [0.717, 1.165) is 17.5 Å². The van der Waals surface area contributed by atoms with Gasteiger partial charge in [0.15, 0.2) is 17.5 Å². The van der Waals surface area contributed by atoms with Crippen molar-refractivity contribution in [1.82, 2.24) is 5.32 Å². The molecule has 1 amide bonds. The van der Waals surface area contributed by atoms with E-state index >= 15 is 0 Å². The molecule has 0 radical (unpaired) electrons. The number of hydrogen-bond donors (Lipinski definition) is 3. The molecule has 2 aromatic carbocycles. The van der Waals surface area contributed by atoms with Crippen molar-refractivity contribution in [2.75, 3.05) is 32.6 Å². The third-order valence-corrected chi connectivity index (χ3v) is 4.50. The second kappa shape index (κ2) is 11.2. The number of carbonyl (C=O) groups is 1. The Bertz CT molecular complexity index is 871. The van der Waals surface area contributed by atoms with Crippen LogP contribution in [-0.2, 0) is 11.2 Å². The van der Waals surface area contributed by atoms with E-state index in [0.29, 0.717) is 34.7 Å². The SMILES string of the molecule is COc1ccc(CCNC(N)=NCCC(=O)Nc2ccc(C)cc2Cl)cc1OC. The zero-order valence-corrected chi connectivity index (χ0v) is 17.7. The Morgan fingerprint density at radius 2 is 1.90 bits per heavy atom. The molecule has 156 valence electrons. The molecule has 0 atom stereocenters. The van der Waals surface area contributed by atoms with Gasteiger partial charge in [0, 0.05) is 13.0 Å². The molecule has 0 spiro atoms. The molecule has 2 rings (SSSR count). The number of hydrogen-bond acceptors (Lipinski definition) is 4. The van der Waals surface area contributed by atoms with Crippen LogP contribution in [0.15, 0.2) is 41.4 Å². The van der Waals surface area contributed by atoms with Gasteiger partial charge in [-0.05, 0) is 48.7 Å². The van der Waals surface area contributed by atoms with Gasteiger partial charge in [0.25, 0.3) is 0 Å². The molecule has 7 nitrogen and oxygen atoms in total. The van der Waals surface area contributed by atoms with E-state index in [-0.39, 0.29) is 18.9 Å². The minimum absolute atomic E-state index is 0.169. The Morgan fingerprint density at radius 3 is 2.59 bits per heavy atom. The largest absolute Gasteiger partial charge is 0.493 e. The average molecular weight is 419 g/mol. The fourth-order valence-electron chi connectivity index (χ4n) is 2.64. The number of carbonyl (C=O) groups excluding carboxylic acids is 1. The number of halogens is 1. The van der Waals surface area contributed by atoms with Crippen molar-refractivity contribution in [2.24, 2.45) is 10.7 Å². The van der Waals surface area contributed by atoms with Gasteiger partial charge in [0.2, 0.25) is 5.91 Å². The number of amides is 1. The highest BCUT2D eigenvalue weighted by Crippen LogP contribution is 2.27. The van der Waals surface area contributed by atoms with Crippen LogP contribution in [0.2, 0.25) is 5.02 Å². The first-order valence-corrected chi connectivity index (χ1v) is 9.61. The summed E-state index contributed by atoms with van der Waals surface area (Å²) in [6.07, 6.45) is 0.950. The zero-order chi connectivity index (χ0) is 21.2. The second-order valence-corrected chi connectivity index (χ2v) is 6.82. The van der Waals surface area contributed by atoms with Crippen LogP contribution in [0.25, 0.3) is 0 Å². The van der Waals surface area contributed by atoms with Crippen LogP contribution in [0.3, 0.4) is 0 Å². The maximum absolute atomic E-state index is 12.0. The van der Waals surface area contributed by atoms with Gasteiger partial charge in [-0.1, -0.05) is 23.7 Å². The summed E-state index contributed by atoms with van der Waals surface area (Å²) in [7, 11) is 3.21. The summed E-state index contributed by atoms with van der Waals surface area (Å²) in [6, 6.07) is 11.2. The predicted octanol–water partition coefficient (Wildman–Crippen LogP) is 3.14. The van der Waals surface area contributed by atoms with Crippen molar-refractivity contribution < 1.29 is 14.3 Å². The summed E-state index contributed by atoms with van der Waals surface area (Å²) in [5.41, 5.74) is 8.56. The minimum Gasteiger partial charge on any atom is -0.493 e. The average Bonchev–Trinajstić information content (AvgIpc) is 2.70. The van der Waals surface area contributed by atoms with E-state index in [9.17, 15) is 4.79 Å². The van der Waals surface area contributed by atoms with Crippen molar-refractivity contribution >= 4 is 29.2 Å². The van der Waals surface area contributed by atoms with Crippen molar-refractivity contribution in [3.63, 3.8) is 0 Å². The van der Waals surface area contributed by atoms with Gasteiger partial charge in [-0.3, -0.25) is 9.79 Å². The Kier molecular flexibility index (Phi) is 8.61. The number of rotatable bonds is 9. The second-order valence-electron chi connectivity index (χ2n) is 6.41. The van der Waals surface area contributed by atoms with Gasteiger partial charge >= 0.3 is 0 Å². The number of aliphatic imine (C=N–C) groups is 1. The molecule has 0 unspecified atom stereocenters. The predicted molar refractivity (Wildman–Crippen MR) is 117 cm³/mol. The maximum atomic E-state index is 12.0. The van der Waals surface area contributed by atoms with Crippen LogP contribution in [0, 0.1) is 6.92 Å². The van der Waals surface area contributed by atoms with Crippen LogP contribution in [-0.4, -0.2) is 39.2 Å². The Morgan fingerprint density at radius 1 is 1.14 bits per heavy atom. The Hall–Kier alpha value is -2.93. The number of nitrogens with one attached hydrogen (secondary N) is 2. The van der Waals surface area contributed by atoms with Gasteiger partial charge in [0.1, 0.15) is 0 Å². The lowest BCUT2D eigenvalue weighted by atomic mass is 10.1. The van der Waals surface area contributed by atoms with Crippen LogP contribution < -0.4 is 25.8 Å². The first-order chi connectivity index (χ1) is 13.9. The first kappa shape index (κ1) is 22.4. The summed E-state index contributed by atoms with van der Waals surface area (Å²) in [4.78, 5) is 16.2. The molecule has 0 saturated carbocycles. The summed E-state index contributed by atoms with van der Waals surface area (Å²) in [6.45, 7) is 2.83. The number of ether oxygens (including phenoxy) is 2. The van der Waals surface area contributed by atoms with E-state index in [1.807, 2.05) is 31.2 Å². The molecule has 0 fully saturated rings. The lowest BCUT2D eigenvalue weighted by Gasteiger charge is -2.10. The van der Waals surface area contributed by atoms with Crippen LogP contribution >= 0.6 is 11.6 Å². The molecule has 0 aromatic heterocycles. The lowest BCUT2D eigenvalue weighted by molar-refractivity contribution is -0.116. The molecular formula is C21H27ClN4O3. The molecule has 0 bridgehead atoms. The third kappa shape index (κ3) is 7.19. The first-order valence-electron chi connectivity index (χ1n) is 9.23. The normalized spacial score (nSPS) is 11.1. The Balaban J connectivity index is 1.74. The van der Waals surface area contributed by atoms with Crippen LogP contribution in [0.5, 0.6) is 11.5 Å². The van der Waals surface area contributed by atoms with Crippen molar-refractivity contribution in [1.29, 1.82) is 0 Å². The molecule has 0 saturated heterocycles. The molecule has 0 aliphatic heterocycles. The summed E-state index contributed by atoms with van der Waals surface area (Å²) >= 11 is 6.11. The summed E-state index contributed by atoms with van der Waals surface area (Å²) in [5, 5.41) is 6.32. The molecule has 0 heterocycles.